The average Bonchev–Trinajstić information content (AvgIpc) is 3.02. The Hall–Kier alpha value is -0.820. The highest BCUT2D eigenvalue weighted by atomic mass is 14.9. The van der Waals surface area contributed by atoms with Crippen LogP contribution in [0.3, 0.4) is 0 Å². The lowest BCUT2D eigenvalue weighted by atomic mass is 10.0. The highest BCUT2D eigenvalue weighted by Gasteiger charge is 2.44. The van der Waals surface area contributed by atoms with Gasteiger partial charge in [-0.25, -0.2) is 0 Å². The van der Waals surface area contributed by atoms with Crippen molar-refractivity contribution in [3.05, 3.63) is 35.4 Å². The van der Waals surface area contributed by atoms with E-state index in [0.29, 0.717) is 11.5 Å². The van der Waals surface area contributed by atoms with E-state index in [1.54, 1.807) is 0 Å². The molecule has 1 aromatic carbocycles. The summed E-state index contributed by atoms with van der Waals surface area (Å²) in [5, 5.41) is 3.68. The first kappa shape index (κ1) is 14.6. The Kier molecular flexibility index (Phi) is 4.67. The molecule has 1 N–H and O–H groups in total. The molecule has 106 valence electrons. The minimum Gasteiger partial charge on any atom is -0.310 e. The molecule has 0 heterocycles. The first-order valence-electron chi connectivity index (χ1n) is 7.85. The maximum absolute atomic E-state index is 3.68. The molecule has 0 spiro atoms. The van der Waals surface area contributed by atoms with E-state index >= 15 is 0 Å². The zero-order valence-electron chi connectivity index (χ0n) is 13.0. The van der Waals surface area contributed by atoms with Gasteiger partial charge in [-0.15, -0.1) is 0 Å². The molecule has 1 aliphatic rings. The van der Waals surface area contributed by atoms with E-state index in [1.165, 1.54) is 36.8 Å². The fourth-order valence-corrected chi connectivity index (χ4v) is 2.72. The molecule has 0 aromatic heterocycles. The first-order valence-corrected chi connectivity index (χ1v) is 7.85. The molecule has 2 atom stereocenters. The molecule has 2 unspecified atom stereocenters. The van der Waals surface area contributed by atoms with E-state index in [1.807, 2.05) is 0 Å². The zero-order valence-corrected chi connectivity index (χ0v) is 13.0. The molecule has 1 aromatic rings. The molecular formula is C18H29N. The van der Waals surface area contributed by atoms with Crippen molar-refractivity contribution < 1.29 is 0 Å². The zero-order chi connectivity index (χ0) is 13.9. The van der Waals surface area contributed by atoms with Crippen LogP contribution in [0.4, 0.5) is 0 Å². The summed E-state index contributed by atoms with van der Waals surface area (Å²) >= 11 is 0. The Balaban J connectivity index is 1.80. The number of hydrogen-bond acceptors (Lipinski definition) is 1. The van der Waals surface area contributed by atoms with Crippen LogP contribution in [0.25, 0.3) is 0 Å². The molecule has 19 heavy (non-hydrogen) atoms. The fraction of sp³-hybridized carbons (Fsp3) is 0.667. The quantitative estimate of drug-likeness (QED) is 0.746. The van der Waals surface area contributed by atoms with Gasteiger partial charge in [0.1, 0.15) is 0 Å². The normalized spacial score (nSPS) is 22.2. The Bertz CT molecular complexity index is 391. The number of rotatable bonds is 7. The van der Waals surface area contributed by atoms with Crippen LogP contribution >= 0.6 is 0 Å². The lowest BCUT2D eigenvalue weighted by Gasteiger charge is -2.15. The van der Waals surface area contributed by atoms with Gasteiger partial charge < -0.3 is 5.32 Å². The molecule has 1 heteroatoms. The van der Waals surface area contributed by atoms with Gasteiger partial charge in [0, 0.05) is 6.04 Å². The van der Waals surface area contributed by atoms with Crippen molar-refractivity contribution in [2.75, 3.05) is 6.54 Å². The molecule has 0 radical (unpaired) electrons. The van der Waals surface area contributed by atoms with E-state index in [4.69, 9.17) is 0 Å². The Morgan fingerprint density at radius 2 is 1.89 bits per heavy atom. The lowest BCUT2D eigenvalue weighted by molar-refractivity contribution is 0.485. The smallest absolute Gasteiger partial charge is 0.0291 e. The number of hydrogen-bond donors (Lipinski definition) is 1. The minimum atomic E-state index is 0.469. The summed E-state index contributed by atoms with van der Waals surface area (Å²) in [6.45, 7) is 10.4. The summed E-state index contributed by atoms with van der Waals surface area (Å²) in [5.74, 6) is 0.874. The largest absolute Gasteiger partial charge is 0.310 e. The van der Waals surface area contributed by atoms with Crippen LogP contribution in [-0.4, -0.2) is 6.54 Å². The van der Waals surface area contributed by atoms with Gasteiger partial charge >= 0.3 is 0 Å². The summed E-state index contributed by atoms with van der Waals surface area (Å²) in [4.78, 5) is 0. The number of unbranched alkanes of at least 4 members (excludes halogenated alkanes) is 1. The average molecular weight is 259 g/mol. The molecule has 1 nitrogen and oxygen atoms in total. The van der Waals surface area contributed by atoms with Crippen molar-refractivity contribution in [3.63, 3.8) is 0 Å². The molecule has 0 aliphatic heterocycles. The van der Waals surface area contributed by atoms with Crippen molar-refractivity contribution in [2.45, 2.75) is 59.4 Å². The van der Waals surface area contributed by atoms with Crippen LogP contribution in [0.15, 0.2) is 24.3 Å². The van der Waals surface area contributed by atoms with Crippen molar-refractivity contribution in [1.29, 1.82) is 0 Å². The Morgan fingerprint density at radius 3 is 2.42 bits per heavy atom. The molecule has 1 aliphatic carbocycles. The maximum atomic E-state index is 3.68. The number of nitrogens with one attached hydrogen (secondary N) is 1. The summed E-state index contributed by atoms with van der Waals surface area (Å²) in [6.07, 6.45) is 5.17. The number of aryl methyl sites for hydroxylation is 1. The molecule has 0 bridgehead atoms. The van der Waals surface area contributed by atoms with Crippen LogP contribution in [0.1, 0.15) is 64.1 Å². The molecule has 1 fully saturated rings. The molecular weight excluding hydrogens is 230 g/mol. The van der Waals surface area contributed by atoms with E-state index in [-0.39, 0.29) is 0 Å². The predicted octanol–water partition coefficient (Wildman–Crippen LogP) is 4.73. The van der Waals surface area contributed by atoms with Gasteiger partial charge in [0.05, 0.1) is 0 Å². The summed E-state index contributed by atoms with van der Waals surface area (Å²) in [7, 11) is 0. The molecule has 0 amide bonds. The van der Waals surface area contributed by atoms with Gasteiger partial charge in [0.2, 0.25) is 0 Å². The summed E-state index contributed by atoms with van der Waals surface area (Å²) < 4.78 is 0. The van der Waals surface area contributed by atoms with Crippen LogP contribution < -0.4 is 5.32 Å². The van der Waals surface area contributed by atoms with Gasteiger partial charge in [-0.3, -0.25) is 0 Å². The van der Waals surface area contributed by atoms with Gasteiger partial charge in [-0.1, -0.05) is 51.5 Å². The van der Waals surface area contributed by atoms with Crippen molar-refractivity contribution in [3.8, 4) is 0 Å². The standard InChI is InChI=1S/C18H29N/c1-5-6-7-15-8-10-16(11-9-15)14(2)19-13-17-12-18(17,3)4/h8-11,14,17,19H,5-7,12-13H2,1-4H3. The second kappa shape index (κ2) is 6.09. The van der Waals surface area contributed by atoms with Gasteiger partial charge in [0.25, 0.3) is 0 Å². The molecule has 2 rings (SSSR count). The first-order chi connectivity index (χ1) is 9.03. The third kappa shape index (κ3) is 4.07. The fourth-order valence-electron chi connectivity index (χ4n) is 2.72. The Morgan fingerprint density at radius 1 is 1.26 bits per heavy atom. The van der Waals surface area contributed by atoms with Crippen molar-refractivity contribution in [2.24, 2.45) is 11.3 Å². The van der Waals surface area contributed by atoms with E-state index in [9.17, 15) is 0 Å². The topological polar surface area (TPSA) is 12.0 Å². The molecule has 0 saturated heterocycles. The summed E-state index contributed by atoms with van der Waals surface area (Å²) in [6, 6.07) is 9.65. The second-order valence-corrected chi connectivity index (χ2v) is 6.86. The van der Waals surface area contributed by atoms with Crippen molar-refractivity contribution in [1.82, 2.24) is 5.32 Å². The highest BCUT2D eigenvalue weighted by Crippen LogP contribution is 2.51. The van der Waals surface area contributed by atoms with E-state index in [2.05, 4.69) is 57.3 Å². The minimum absolute atomic E-state index is 0.469. The lowest BCUT2D eigenvalue weighted by Crippen LogP contribution is -2.22. The van der Waals surface area contributed by atoms with Crippen LogP contribution in [0.5, 0.6) is 0 Å². The van der Waals surface area contributed by atoms with Crippen molar-refractivity contribution >= 4 is 0 Å². The van der Waals surface area contributed by atoms with Gasteiger partial charge in [-0.05, 0) is 55.2 Å². The maximum Gasteiger partial charge on any atom is 0.0291 e. The Labute approximate surface area is 118 Å². The SMILES string of the molecule is CCCCc1ccc(C(C)NCC2CC2(C)C)cc1. The van der Waals surface area contributed by atoms with Crippen LogP contribution in [0.2, 0.25) is 0 Å². The summed E-state index contributed by atoms with van der Waals surface area (Å²) in [5.41, 5.74) is 3.47. The van der Waals surface area contributed by atoms with Crippen LogP contribution in [-0.2, 0) is 6.42 Å². The van der Waals surface area contributed by atoms with E-state index in [0.717, 1.165) is 12.5 Å². The predicted molar refractivity (Wildman–Crippen MR) is 83.4 cm³/mol. The third-order valence-electron chi connectivity index (χ3n) is 4.69. The second-order valence-electron chi connectivity index (χ2n) is 6.86. The van der Waals surface area contributed by atoms with Gasteiger partial charge in [-0.2, -0.15) is 0 Å². The molecule has 1 saturated carbocycles. The van der Waals surface area contributed by atoms with Crippen LogP contribution in [0, 0.1) is 11.3 Å². The third-order valence-corrected chi connectivity index (χ3v) is 4.69. The number of benzene rings is 1. The van der Waals surface area contributed by atoms with Gasteiger partial charge in [0.15, 0.2) is 0 Å². The highest BCUT2D eigenvalue weighted by molar-refractivity contribution is 5.24. The van der Waals surface area contributed by atoms with E-state index < -0.39 is 0 Å². The monoisotopic (exact) mass is 259 g/mol.